The highest BCUT2D eigenvalue weighted by atomic mass is 16.5. The Morgan fingerprint density at radius 3 is 2.68 bits per heavy atom. The molecule has 0 aromatic heterocycles. The van der Waals surface area contributed by atoms with Gasteiger partial charge in [0.05, 0.1) is 0 Å². The monoisotopic (exact) mass is 253 g/mol. The Balaban J connectivity index is 2.16. The van der Waals surface area contributed by atoms with Crippen LogP contribution in [0.3, 0.4) is 0 Å². The summed E-state index contributed by atoms with van der Waals surface area (Å²) >= 11 is 0. The van der Waals surface area contributed by atoms with Gasteiger partial charge in [0.2, 0.25) is 0 Å². The van der Waals surface area contributed by atoms with Gasteiger partial charge in [-0.15, -0.1) is 0 Å². The van der Waals surface area contributed by atoms with Gasteiger partial charge in [-0.3, -0.25) is 0 Å². The lowest BCUT2D eigenvalue weighted by atomic mass is 9.95. The highest BCUT2D eigenvalue weighted by Crippen LogP contribution is 2.40. The number of hydrogen-bond acceptors (Lipinski definition) is 2. The van der Waals surface area contributed by atoms with E-state index in [0.717, 1.165) is 12.2 Å². The molecule has 0 bridgehead atoms. The molecule has 0 spiro atoms. The molecule has 0 fully saturated rings. The maximum atomic E-state index is 6.03. The molecular formula is C17H19NO. The molecule has 1 heterocycles. The van der Waals surface area contributed by atoms with Crippen LogP contribution in [0.5, 0.6) is 5.75 Å². The second kappa shape index (κ2) is 4.71. The third-order valence-corrected chi connectivity index (χ3v) is 3.74. The van der Waals surface area contributed by atoms with Crippen LogP contribution in [-0.4, -0.2) is 12.6 Å². The van der Waals surface area contributed by atoms with Crippen LogP contribution in [0.1, 0.15) is 16.7 Å². The van der Waals surface area contributed by atoms with Crippen LogP contribution in [0.25, 0.3) is 11.1 Å². The van der Waals surface area contributed by atoms with Crippen LogP contribution >= 0.6 is 0 Å². The van der Waals surface area contributed by atoms with E-state index in [1.165, 1.54) is 27.8 Å². The minimum Gasteiger partial charge on any atom is -0.488 e. The fourth-order valence-corrected chi connectivity index (χ4v) is 2.80. The largest absolute Gasteiger partial charge is 0.488 e. The number of aryl methyl sites for hydroxylation is 2. The van der Waals surface area contributed by atoms with E-state index in [-0.39, 0.29) is 6.10 Å². The van der Waals surface area contributed by atoms with Crippen LogP contribution in [0.2, 0.25) is 0 Å². The number of hydrogen-bond donors (Lipinski definition) is 1. The lowest BCUT2D eigenvalue weighted by molar-refractivity contribution is 0.242. The fourth-order valence-electron chi connectivity index (χ4n) is 2.80. The minimum absolute atomic E-state index is 0.125. The molecule has 2 aromatic rings. The molecule has 1 aliphatic heterocycles. The standard InChI is InChI=1S/C17H19NO/c1-11-7-13-9-14(10-18)19-17(13)16(8-11)15-6-4-3-5-12(15)2/h3-8,14H,9-10,18H2,1-2H3/t14-/m1/s1. The van der Waals surface area contributed by atoms with E-state index >= 15 is 0 Å². The summed E-state index contributed by atoms with van der Waals surface area (Å²) in [5.41, 5.74) is 12.0. The Kier molecular flexibility index (Phi) is 3.03. The SMILES string of the molecule is Cc1cc2c(c(-c3ccccc3C)c1)O[C@@H](CN)C2. The van der Waals surface area contributed by atoms with Gasteiger partial charge in [0.1, 0.15) is 11.9 Å². The summed E-state index contributed by atoms with van der Waals surface area (Å²) in [7, 11) is 0. The maximum Gasteiger partial charge on any atom is 0.130 e. The summed E-state index contributed by atoms with van der Waals surface area (Å²) in [6.45, 7) is 4.85. The van der Waals surface area contributed by atoms with Gasteiger partial charge in [-0.05, 0) is 42.2 Å². The van der Waals surface area contributed by atoms with Crippen LogP contribution in [-0.2, 0) is 6.42 Å². The van der Waals surface area contributed by atoms with Gasteiger partial charge in [-0.2, -0.15) is 0 Å². The topological polar surface area (TPSA) is 35.2 Å². The Morgan fingerprint density at radius 2 is 1.95 bits per heavy atom. The minimum atomic E-state index is 0.125. The summed E-state index contributed by atoms with van der Waals surface area (Å²) < 4.78 is 6.03. The van der Waals surface area contributed by atoms with Gasteiger partial charge in [-0.25, -0.2) is 0 Å². The quantitative estimate of drug-likeness (QED) is 0.891. The predicted octanol–water partition coefficient (Wildman–Crippen LogP) is 3.23. The van der Waals surface area contributed by atoms with Gasteiger partial charge < -0.3 is 10.5 Å². The molecule has 0 amide bonds. The zero-order chi connectivity index (χ0) is 13.4. The average molecular weight is 253 g/mol. The summed E-state index contributed by atoms with van der Waals surface area (Å²) in [6, 6.07) is 12.9. The van der Waals surface area contributed by atoms with E-state index in [1.807, 2.05) is 0 Å². The number of benzene rings is 2. The van der Waals surface area contributed by atoms with Crippen molar-refractivity contribution in [3.8, 4) is 16.9 Å². The average Bonchev–Trinajstić information content (AvgIpc) is 2.81. The molecule has 1 atom stereocenters. The van der Waals surface area contributed by atoms with E-state index in [4.69, 9.17) is 10.5 Å². The molecule has 2 heteroatoms. The Morgan fingerprint density at radius 1 is 1.16 bits per heavy atom. The highest BCUT2D eigenvalue weighted by molar-refractivity contribution is 5.76. The molecule has 0 aliphatic carbocycles. The Bertz CT molecular complexity index is 619. The predicted molar refractivity (Wildman–Crippen MR) is 78.5 cm³/mol. The number of ether oxygens (including phenoxy) is 1. The van der Waals surface area contributed by atoms with Crippen LogP contribution in [0, 0.1) is 13.8 Å². The zero-order valence-electron chi connectivity index (χ0n) is 11.4. The molecule has 2 N–H and O–H groups in total. The van der Waals surface area contributed by atoms with Crippen molar-refractivity contribution in [2.45, 2.75) is 26.4 Å². The maximum absolute atomic E-state index is 6.03. The van der Waals surface area contributed by atoms with E-state index in [9.17, 15) is 0 Å². The molecular weight excluding hydrogens is 234 g/mol. The molecule has 1 aliphatic rings. The molecule has 19 heavy (non-hydrogen) atoms. The summed E-state index contributed by atoms with van der Waals surface area (Å²) in [6.07, 6.45) is 1.05. The Labute approximate surface area is 114 Å². The van der Waals surface area contributed by atoms with Crippen molar-refractivity contribution in [2.75, 3.05) is 6.54 Å². The van der Waals surface area contributed by atoms with Crippen LogP contribution < -0.4 is 10.5 Å². The first-order chi connectivity index (χ1) is 9.19. The third kappa shape index (κ3) is 2.13. The molecule has 0 unspecified atom stereocenters. The first-order valence-corrected chi connectivity index (χ1v) is 6.75. The van der Waals surface area contributed by atoms with Crippen LogP contribution in [0.4, 0.5) is 0 Å². The van der Waals surface area contributed by atoms with Gasteiger partial charge in [0, 0.05) is 18.5 Å². The van der Waals surface area contributed by atoms with Crippen molar-refractivity contribution in [3.05, 3.63) is 53.1 Å². The third-order valence-electron chi connectivity index (χ3n) is 3.74. The first kappa shape index (κ1) is 12.2. The van der Waals surface area contributed by atoms with Crippen molar-refractivity contribution in [2.24, 2.45) is 5.73 Å². The zero-order valence-corrected chi connectivity index (χ0v) is 11.4. The molecule has 0 radical (unpaired) electrons. The van der Waals surface area contributed by atoms with E-state index in [0.29, 0.717) is 6.54 Å². The Hall–Kier alpha value is -1.80. The smallest absolute Gasteiger partial charge is 0.130 e. The van der Waals surface area contributed by atoms with Crippen molar-refractivity contribution >= 4 is 0 Å². The first-order valence-electron chi connectivity index (χ1n) is 6.75. The van der Waals surface area contributed by atoms with Gasteiger partial charge in [0.15, 0.2) is 0 Å². The second-order valence-corrected chi connectivity index (χ2v) is 5.30. The van der Waals surface area contributed by atoms with Crippen molar-refractivity contribution in [1.29, 1.82) is 0 Å². The van der Waals surface area contributed by atoms with Crippen molar-refractivity contribution in [1.82, 2.24) is 0 Å². The number of nitrogens with two attached hydrogens (primary N) is 1. The van der Waals surface area contributed by atoms with Crippen molar-refractivity contribution in [3.63, 3.8) is 0 Å². The van der Waals surface area contributed by atoms with Gasteiger partial charge in [0.25, 0.3) is 0 Å². The molecule has 2 aromatic carbocycles. The second-order valence-electron chi connectivity index (χ2n) is 5.30. The van der Waals surface area contributed by atoms with Crippen LogP contribution in [0.15, 0.2) is 36.4 Å². The lowest BCUT2D eigenvalue weighted by Crippen LogP contribution is -2.24. The molecule has 3 rings (SSSR count). The van der Waals surface area contributed by atoms with E-state index in [1.54, 1.807) is 0 Å². The van der Waals surface area contributed by atoms with Gasteiger partial charge >= 0.3 is 0 Å². The number of rotatable bonds is 2. The molecule has 0 saturated heterocycles. The molecule has 0 saturated carbocycles. The van der Waals surface area contributed by atoms with Gasteiger partial charge in [-0.1, -0.05) is 30.3 Å². The lowest BCUT2D eigenvalue weighted by Gasteiger charge is -2.13. The fraction of sp³-hybridized carbons (Fsp3) is 0.294. The summed E-state index contributed by atoms with van der Waals surface area (Å²) in [4.78, 5) is 0. The summed E-state index contributed by atoms with van der Waals surface area (Å²) in [5, 5.41) is 0. The molecule has 98 valence electrons. The van der Waals surface area contributed by atoms with E-state index in [2.05, 4.69) is 50.2 Å². The van der Waals surface area contributed by atoms with E-state index < -0.39 is 0 Å². The number of fused-ring (bicyclic) bond motifs is 1. The highest BCUT2D eigenvalue weighted by Gasteiger charge is 2.25. The summed E-state index contributed by atoms with van der Waals surface area (Å²) in [5.74, 6) is 1.02. The van der Waals surface area contributed by atoms with Crippen molar-refractivity contribution < 1.29 is 4.74 Å². The molecule has 2 nitrogen and oxygen atoms in total. The normalized spacial score (nSPS) is 17.1.